The lowest BCUT2D eigenvalue weighted by Gasteiger charge is -2.25. The maximum Gasteiger partial charge on any atom is 0.125 e. The molecule has 0 bridgehead atoms. The van der Waals surface area contributed by atoms with Crippen LogP contribution in [0, 0.1) is 11.8 Å². The van der Waals surface area contributed by atoms with E-state index >= 15 is 0 Å². The smallest absolute Gasteiger partial charge is 0.125 e. The summed E-state index contributed by atoms with van der Waals surface area (Å²) in [6, 6.07) is 20.2. The maximum absolute atomic E-state index is 10.7. The lowest BCUT2D eigenvalue weighted by atomic mass is 9.97. The summed E-state index contributed by atoms with van der Waals surface area (Å²) in [5.41, 5.74) is 1.22. The Morgan fingerprint density at radius 3 is 2.21 bits per heavy atom. The second kappa shape index (κ2) is 13.2. The molecule has 0 amide bonds. The van der Waals surface area contributed by atoms with Gasteiger partial charge in [-0.2, -0.15) is 0 Å². The Morgan fingerprint density at radius 1 is 0.966 bits per heavy atom. The summed E-state index contributed by atoms with van der Waals surface area (Å²) in [6.07, 6.45) is 4.05. The second-order valence-electron chi connectivity index (χ2n) is 7.63. The number of hydrogen-bond donors (Lipinski definition) is 1. The van der Waals surface area contributed by atoms with E-state index < -0.39 is 5.60 Å². The molecule has 0 aromatic heterocycles. The van der Waals surface area contributed by atoms with Gasteiger partial charge < -0.3 is 14.6 Å². The van der Waals surface area contributed by atoms with Gasteiger partial charge in [-0.15, -0.1) is 5.92 Å². The van der Waals surface area contributed by atoms with Crippen molar-refractivity contribution >= 4 is 0 Å². The summed E-state index contributed by atoms with van der Waals surface area (Å²) in [6.45, 7) is 5.59. The fourth-order valence-corrected chi connectivity index (χ4v) is 3.02. The van der Waals surface area contributed by atoms with Gasteiger partial charge in [-0.05, 0) is 30.9 Å². The normalized spacial score (nSPS) is 13.9. The predicted molar refractivity (Wildman–Crippen MR) is 118 cm³/mol. The Labute approximate surface area is 176 Å². The zero-order valence-electron chi connectivity index (χ0n) is 17.8. The Hall–Kier alpha value is -2.12. The van der Waals surface area contributed by atoms with Crippen LogP contribution in [0.4, 0.5) is 0 Å². The summed E-state index contributed by atoms with van der Waals surface area (Å²) in [5, 5.41) is 10.7. The van der Waals surface area contributed by atoms with Crippen LogP contribution in [0.15, 0.2) is 60.7 Å². The fraction of sp³-hybridized carbons (Fsp3) is 0.462. The standard InChI is InChI=1S/C26H34O3/c1-3-4-5-12-18-26(2,27)20-25(29-22-24-15-10-7-11-16-24)17-19-28-21-23-13-8-6-9-14-23/h6-11,13-16,25,27H,3-5,17,19-22H2,1-2H3/t25-,26?/m0/s1. The first-order valence-electron chi connectivity index (χ1n) is 10.6. The van der Waals surface area contributed by atoms with Crippen molar-refractivity contribution < 1.29 is 14.6 Å². The third kappa shape index (κ3) is 10.3. The highest BCUT2D eigenvalue weighted by Crippen LogP contribution is 2.18. The maximum atomic E-state index is 10.7. The van der Waals surface area contributed by atoms with Crippen molar-refractivity contribution in [3.8, 4) is 11.8 Å². The van der Waals surface area contributed by atoms with E-state index in [0.717, 1.165) is 30.4 Å². The lowest BCUT2D eigenvalue weighted by molar-refractivity contribution is -0.0305. The van der Waals surface area contributed by atoms with Crippen LogP contribution < -0.4 is 0 Å². The number of unbranched alkanes of at least 4 members (excludes halogenated alkanes) is 2. The lowest BCUT2D eigenvalue weighted by Crippen LogP contribution is -2.30. The summed E-state index contributed by atoms with van der Waals surface area (Å²) >= 11 is 0. The van der Waals surface area contributed by atoms with Gasteiger partial charge in [-0.3, -0.25) is 0 Å². The van der Waals surface area contributed by atoms with Crippen LogP contribution in [0.1, 0.15) is 57.1 Å². The van der Waals surface area contributed by atoms with Gasteiger partial charge in [0.05, 0.1) is 19.3 Å². The van der Waals surface area contributed by atoms with Gasteiger partial charge in [0.25, 0.3) is 0 Å². The molecule has 0 fully saturated rings. The summed E-state index contributed by atoms with van der Waals surface area (Å²) in [4.78, 5) is 0. The molecule has 0 saturated heterocycles. The highest BCUT2D eigenvalue weighted by molar-refractivity contribution is 5.15. The highest BCUT2D eigenvalue weighted by atomic mass is 16.5. The molecule has 1 N–H and O–H groups in total. The van der Waals surface area contributed by atoms with Crippen LogP contribution in [0.25, 0.3) is 0 Å². The van der Waals surface area contributed by atoms with E-state index in [1.54, 1.807) is 6.92 Å². The van der Waals surface area contributed by atoms with Gasteiger partial charge in [-0.25, -0.2) is 0 Å². The van der Waals surface area contributed by atoms with Crippen LogP contribution in [0.5, 0.6) is 0 Å². The number of benzene rings is 2. The molecule has 0 heterocycles. The van der Waals surface area contributed by atoms with E-state index in [-0.39, 0.29) is 6.10 Å². The molecule has 2 aromatic carbocycles. The fourth-order valence-electron chi connectivity index (χ4n) is 3.02. The predicted octanol–water partition coefficient (Wildman–Crippen LogP) is 5.51. The topological polar surface area (TPSA) is 38.7 Å². The van der Waals surface area contributed by atoms with E-state index in [4.69, 9.17) is 9.47 Å². The van der Waals surface area contributed by atoms with Crippen molar-refractivity contribution in [1.29, 1.82) is 0 Å². The van der Waals surface area contributed by atoms with Crippen LogP contribution in [0.3, 0.4) is 0 Å². The van der Waals surface area contributed by atoms with Gasteiger partial charge in [0.1, 0.15) is 5.60 Å². The largest absolute Gasteiger partial charge is 0.378 e. The molecule has 3 heteroatoms. The molecule has 0 aliphatic carbocycles. The first kappa shape index (κ1) is 23.2. The number of hydrogen-bond acceptors (Lipinski definition) is 3. The molecular weight excluding hydrogens is 360 g/mol. The zero-order valence-corrected chi connectivity index (χ0v) is 17.8. The molecule has 0 spiro atoms. The molecule has 0 radical (unpaired) electrons. The Balaban J connectivity index is 1.87. The van der Waals surface area contributed by atoms with Gasteiger partial charge in [0, 0.05) is 19.4 Å². The van der Waals surface area contributed by atoms with E-state index in [1.807, 2.05) is 48.5 Å². The van der Waals surface area contributed by atoms with Crippen LogP contribution in [-0.2, 0) is 22.7 Å². The molecule has 1 unspecified atom stereocenters. The number of rotatable bonds is 12. The van der Waals surface area contributed by atoms with Crippen molar-refractivity contribution in [2.45, 2.75) is 70.9 Å². The highest BCUT2D eigenvalue weighted by Gasteiger charge is 2.24. The summed E-state index contributed by atoms with van der Waals surface area (Å²) in [7, 11) is 0. The molecule has 2 atom stereocenters. The van der Waals surface area contributed by atoms with Crippen molar-refractivity contribution in [3.05, 3.63) is 71.8 Å². The number of ether oxygens (including phenoxy) is 2. The quantitative estimate of drug-likeness (QED) is 0.381. The van der Waals surface area contributed by atoms with E-state index in [2.05, 4.69) is 30.9 Å². The summed E-state index contributed by atoms with van der Waals surface area (Å²) in [5.74, 6) is 6.13. The average Bonchev–Trinajstić information content (AvgIpc) is 2.74. The average molecular weight is 395 g/mol. The monoisotopic (exact) mass is 394 g/mol. The van der Waals surface area contributed by atoms with Crippen LogP contribution in [-0.4, -0.2) is 23.4 Å². The van der Waals surface area contributed by atoms with Gasteiger partial charge in [0.2, 0.25) is 0 Å². The van der Waals surface area contributed by atoms with E-state index in [9.17, 15) is 5.11 Å². The first-order valence-corrected chi connectivity index (χ1v) is 10.6. The molecular formula is C26H34O3. The summed E-state index contributed by atoms with van der Waals surface area (Å²) < 4.78 is 12.0. The molecule has 0 aliphatic rings. The van der Waals surface area contributed by atoms with E-state index in [1.165, 1.54) is 0 Å². The molecule has 0 aliphatic heterocycles. The second-order valence-corrected chi connectivity index (χ2v) is 7.63. The molecule has 2 rings (SSSR count). The third-order valence-corrected chi connectivity index (χ3v) is 4.66. The van der Waals surface area contributed by atoms with Crippen molar-refractivity contribution in [2.24, 2.45) is 0 Å². The molecule has 0 saturated carbocycles. The van der Waals surface area contributed by atoms with Gasteiger partial charge in [0.15, 0.2) is 0 Å². The molecule has 29 heavy (non-hydrogen) atoms. The number of aliphatic hydroxyl groups is 1. The van der Waals surface area contributed by atoms with Crippen molar-refractivity contribution in [1.82, 2.24) is 0 Å². The Kier molecular flexibility index (Phi) is 10.5. The van der Waals surface area contributed by atoms with Crippen LogP contribution in [0.2, 0.25) is 0 Å². The SMILES string of the molecule is CCCCC#CC(C)(O)C[C@H](CCOCc1ccccc1)OCc1ccccc1. The van der Waals surface area contributed by atoms with E-state index in [0.29, 0.717) is 32.7 Å². The first-order chi connectivity index (χ1) is 14.1. The molecule has 3 nitrogen and oxygen atoms in total. The third-order valence-electron chi connectivity index (χ3n) is 4.66. The van der Waals surface area contributed by atoms with Crippen molar-refractivity contribution in [3.63, 3.8) is 0 Å². The minimum absolute atomic E-state index is 0.124. The minimum atomic E-state index is -1.06. The van der Waals surface area contributed by atoms with Gasteiger partial charge >= 0.3 is 0 Å². The van der Waals surface area contributed by atoms with Crippen molar-refractivity contribution in [2.75, 3.05) is 6.61 Å². The molecule has 2 aromatic rings. The molecule has 156 valence electrons. The Morgan fingerprint density at radius 2 is 1.59 bits per heavy atom. The minimum Gasteiger partial charge on any atom is -0.378 e. The van der Waals surface area contributed by atoms with Crippen LogP contribution >= 0.6 is 0 Å². The zero-order chi connectivity index (χ0) is 20.8. The van der Waals surface area contributed by atoms with Gasteiger partial charge in [-0.1, -0.05) is 79.9 Å². The Bertz CT molecular complexity index is 729.